The summed E-state index contributed by atoms with van der Waals surface area (Å²) in [6, 6.07) is 0.126. The zero-order valence-corrected chi connectivity index (χ0v) is 11.8. The Morgan fingerprint density at radius 2 is 2.17 bits per heavy atom. The van der Waals surface area contributed by atoms with E-state index >= 15 is 0 Å². The van der Waals surface area contributed by atoms with Crippen LogP contribution in [0.25, 0.3) is 10.7 Å². The molecule has 18 heavy (non-hydrogen) atoms. The lowest BCUT2D eigenvalue weighted by atomic mass is 10.5. The van der Waals surface area contributed by atoms with Crippen molar-refractivity contribution >= 4 is 31.1 Å². The van der Waals surface area contributed by atoms with Gasteiger partial charge in [-0.05, 0) is 19.8 Å². The molecule has 2 aromatic rings. The number of nitrogens with zero attached hydrogens (tertiary/aromatic N) is 4. The fourth-order valence-corrected chi connectivity index (χ4v) is 3.42. The molecule has 0 radical (unpaired) electrons. The first-order chi connectivity index (χ1) is 8.47. The molecule has 2 heterocycles. The molecule has 1 aliphatic rings. The molecule has 6 nitrogen and oxygen atoms in total. The Bertz CT molecular complexity index is 702. The van der Waals surface area contributed by atoms with E-state index < -0.39 is 9.05 Å². The number of aromatic nitrogens is 4. The van der Waals surface area contributed by atoms with E-state index in [1.165, 1.54) is 11.3 Å². The lowest BCUT2D eigenvalue weighted by Crippen LogP contribution is -2.05. The molecule has 9 heteroatoms. The zero-order chi connectivity index (χ0) is 12.9. The van der Waals surface area contributed by atoms with Crippen LogP contribution in [0.5, 0.6) is 0 Å². The number of hydrogen-bond acceptors (Lipinski definition) is 6. The lowest BCUT2D eigenvalue weighted by molar-refractivity contribution is 0.579. The molecule has 0 spiro atoms. The Morgan fingerprint density at radius 1 is 1.44 bits per heavy atom. The Kier molecular flexibility index (Phi) is 2.68. The van der Waals surface area contributed by atoms with Crippen molar-refractivity contribution in [2.45, 2.75) is 31.0 Å². The van der Waals surface area contributed by atoms with Gasteiger partial charge in [-0.2, -0.15) is 0 Å². The van der Waals surface area contributed by atoms with Crippen molar-refractivity contribution in [3.63, 3.8) is 0 Å². The molecule has 0 aliphatic heterocycles. The second kappa shape index (κ2) is 4.01. The van der Waals surface area contributed by atoms with Gasteiger partial charge < -0.3 is 0 Å². The minimum absolute atomic E-state index is 0.126. The topological polar surface area (TPSA) is 77.7 Å². The zero-order valence-electron chi connectivity index (χ0n) is 9.37. The molecule has 0 atom stereocenters. The Morgan fingerprint density at radius 3 is 2.67 bits per heavy atom. The predicted molar refractivity (Wildman–Crippen MR) is 67.2 cm³/mol. The van der Waals surface area contributed by atoms with Gasteiger partial charge in [-0.3, -0.25) is 4.57 Å². The summed E-state index contributed by atoms with van der Waals surface area (Å²) in [6.07, 6.45) is 3.51. The van der Waals surface area contributed by atoms with E-state index in [4.69, 9.17) is 10.7 Å². The summed E-state index contributed by atoms with van der Waals surface area (Å²) in [6.45, 7) is 1.88. The van der Waals surface area contributed by atoms with Crippen LogP contribution in [0, 0.1) is 6.92 Å². The quantitative estimate of drug-likeness (QED) is 0.810. The van der Waals surface area contributed by atoms with Crippen molar-refractivity contribution in [3.05, 3.63) is 11.2 Å². The molecule has 2 aromatic heterocycles. The van der Waals surface area contributed by atoms with E-state index in [0.29, 0.717) is 5.82 Å². The summed E-state index contributed by atoms with van der Waals surface area (Å²) in [5.41, 5.74) is 0. The fourth-order valence-electron chi connectivity index (χ4n) is 1.74. The smallest absolute Gasteiger partial charge is 0.293 e. The van der Waals surface area contributed by atoms with Crippen LogP contribution in [0.3, 0.4) is 0 Å². The summed E-state index contributed by atoms with van der Waals surface area (Å²) < 4.78 is 24.5. The van der Waals surface area contributed by atoms with E-state index in [2.05, 4.69) is 15.2 Å². The number of halogens is 1. The summed E-state index contributed by atoms with van der Waals surface area (Å²) in [7, 11) is 1.51. The van der Waals surface area contributed by atoms with Gasteiger partial charge in [0, 0.05) is 22.9 Å². The number of hydrogen-bond donors (Lipinski definition) is 0. The monoisotopic (exact) mass is 304 g/mol. The maximum absolute atomic E-state index is 11.5. The minimum atomic E-state index is -3.87. The van der Waals surface area contributed by atoms with Crippen molar-refractivity contribution in [2.75, 3.05) is 0 Å². The summed E-state index contributed by atoms with van der Waals surface area (Å²) in [5, 5.41) is 8.37. The molecule has 0 saturated heterocycles. The molecular weight excluding hydrogens is 296 g/mol. The Labute approximate surface area is 112 Å². The molecule has 1 aliphatic carbocycles. The normalized spacial score (nSPS) is 16.1. The molecule has 0 amide bonds. The first-order valence-electron chi connectivity index (χ1n) is 5.29. The second-order valence-corrected chi connectivity index (χ2v) is 7.78. The average molecular weight is 305 g/mol. The number of rotatable bonds is 3. The fraction of sp³-hybridized carbons (Fsp3) is 0.444. The van der Waals surface area contributed by atoms with Crippen molar-refractivity contribution in [3.8, 4) is 10.7 Å². The highest BCUT2D eigenvalue weighted by molar-refractivity contribution is 8.13. The molecule has 0 bridgehead atoms. The predicted octanol–water partition coefficient (Wildman–Crippen LogP) is 1.97. The van der Waals surface area contributed by atoms with Crippen molar-refractivity contribution < 1.29 is 8.42 Å². The average Bonchev–Trinajstić information content (AvgIpc) is 2.85. The molecule has 0 N–H and O–H groups in total. The van der Waals surface area contributed by atoms with Gasteiger partial charge in [0.15, 0.2) is 5.82 Å². The maximum atomic E-state index is 11.5. The van der Waals surface area contributed by atoms with E-state index in [0.717, 1.165) is 22.7 Å². The van der Waals surface area contributed by atoms with Crippen molar-refractivity contribution in [1.82, 2.24) is 19.7 Å². The molecule has 0 unspecified atom stereocenters. The summed E-state index contributed by atoms with van der Waals surface area (Å²) in [4.78, 5) is 4.94. The van der Waals surface area contributed by atoms with Crippen LogP contribution < -0.4 is 0 Å². The van der Waals surface area contributed by atoms with Crippen LogP contribution in [-0.2, 0) is 9.05 Å². The first kappa shape index (κ1) is 12.1. The molecule has 0 aromatic carbocycles. The second-order valence-electron chi connectivity index (χ2n) is 4.09. The largest absolute Gasteiger partial charge is 0.296 e. The van der Waals surface area contributed by atoms with Crippen LogP contribution in [0.1, 0.15) is 23.9 Å². The van der Waals surface area contributed by atoms with Crippen LogP contribution in [0.4, 0.5) is 0 Å². The summed E-state index contributed by atoms with van der Waals surface area (Å²) >= 11 is 1.45. The maximum Gasteiger partial charge on any atom is 0.296 e. The van der Waals surface area contributed by atoms with Crippen LogP contribution in [-0.4, -0.2) is 28.2 Å². The van der Waals surface area contributed by atoms with Gasteiger partial charge in [0.05, 0.1) is 9.88 Å². The third-order valence-corrected chi connectivity index (χ3v) is 4.67. The Balaban J connectivity index is 2.19. The first-order valence-corrected chi connectivity index (χ1v) is 8.42. The third-order valence-electron chi connectivity index (χ3n) is 2.64. The van der Waals surface area contributed by atoms with Gasteiger partial charge in [0.2, 0.25) is 0 Å². The standard InChI is InChI=1S/C9H9ClN4O2S2/c1-5-11-4-7(17-5)8-12-13-9(18(10,15)16)14(8)6-2-3-6/h4,6H,2-3H2,1H3. The van der Waals surface area contributed by atoms with Crippen molar-refractivity contribution in [1.29, 1.82) is 0 Å². The molecule has 1 saturated carbocycles. The molecule has 96 valence electrons. The molecular formula is C9H9ClN4O2S2. The highest BCUT2D eigenvalue weighted by Gasteiger charge is 2.34. The van der Waals surface area contributed by atoms with Gasteiger partial charge in [0.1, 0.15) is 0 Å². The van der Waals surface area contributed by atoms with E-state index in [9.17, 15) is 8.42 Å². The SMILES string of the molecule is Cc1ncc(-c2nnc(S(=O)(=O)Cl)n2C2CC2)s1. The van der Waals surface area contributed by atoms with Crippen LogP contribution in [0.2, 0.25) is 0 Å². The van der Waals surface area contributed by atoms with Gasteiger partial charge >= 0.3 is 0 Å². The highest BCUT2D eigenvalue weighted by atomic mass is 35.7. The van der Waals surface area contributed by atoms with Gasteiger partial charge in [-0.15, -0.1) is 21.5 Å². The van der Waals surface area contributed by atoms with Gasteiger partial charge in [-0.1, -0.05) is 0 Å². The highest BCUT2D eigenvalue weighted by Crippen LogP contribution is 2.41. The Hall–Kier alpha value is -0.990. The van der Waals surface area contributed by atoms with Crippen LogP contribution in [0.15, 0.2) is 11.4 Å². The third kappa shape index (κ3) is 2.04. The van der Waals surface area contributed by atoms with Gasteiger partial charge in [-0.25, -0.2) is 13.4 Å². The van der Waals surface area contributed by atoms with E-state index in [1.807, 2.05) is 6.92 Å². The van der Waals surface area contributed by atoms with Crippen molar-refractivity contribution in [2.24, 2.45) is 0 Å². The van der Waals surface area contributed by atoms with E-state index in [-0.39, 0.29) is 11.2 Å². The molecule has 1 fully saturated rings. The minimum Gasteiger partial charge on any atom is -0.293 e. The molecule has 3 rings (SSSR count). The number of thiazole rings is 1. The van der Waals surface area contributed by atoms with Crippen LogP contribution >= 0.6 is 22.0 Å². The lowest BCUT2D eigenvalue weighted by Gasteiger charge is -2.04. The van der Waals surface area contributed by atoms with E-state index in [1.54, 1.807) is 10.8 Å². The number of aryl methyl sites for hydroxylation is 1. The van der Waals surface area contributed by atoms with Gasteiger partial charge in [0.25, 0.3) is 14.2 Å². The summed E-state index contributed by atoms with van der Waals surface area (Å²) in [5.74, 6) is 0.530.